The highest BCUT2D eigenvalue weighted by Gasteiger charge is 2.07. The average molecular weight is 375 g/mol. The molecule has 0 aliphatic heterocycles. The van der Waals surface area contributed by atoms with E-state index in [1.165, 1.54) is 5.56 Å². The molecule has 1 aromatic heterocycles. The maximum atomic E-state index is 12.5. The summed E-state index contributed by atoms with van der Waals surface area (Å²) in [6.45, 7) is 2.68. The summed E-state index contributed by atoms with van der Waals surface area (Å²) in [5.74, 6) is 1.35. The summed E-state index contributed by atoms with van der Waals surface area (Å²) < 4.78 is 5.23. The van der Waals surface area contributed by atoms with Crippen LogP contribution in [0.1, 0.15) is 28.4 Å². The third-order valence-electron chi connectivity index (χ3n) is 4.49. The highest BCUT2D eigenvalue weighted by Crippen LogP contribution is 2.17. The number of methoxy groups -OCH3 is 1. The lowest BCUT2D eigenvalue weighted by Gasteiger charge is -2.09. The van der Waals surface area contributed by atoms with E-state index in [9.17, 15) is 4.79 Å². The van der Waals surface area contributed by atoms with Crippen LogP contribution in [0.5, 0.6) is 5.75 Å². The van der Waals surface area contributed by atoms with E-state index < -0.39 is 0 Å². The Morgan fingerprint density at radius 2 is 1.86 bits per heavy atom. The number of aryl methyl sites for hydroxylation is 1. The molecule has 0 unspecified atom stereocenters. The summed E-state index contributed by atoms with van der Waals surface area (Å²) in [6.07, 6.45) is 3.38. The van der Waals surface area contributed by atoms with Gasteiger partial charge in [-0.25, -0.2) is 4.98 Å². The van der Waals surface area contributed by atoms with Gasteiger partial charge in [0, 0.05) is 24.0 Å². The lowest BCUT2D eigenvalue weighted by atomic mass is 10.1. The van der Waals surface area contributed by atoms with Gasteiger partial charge in [-0.1, -0.05) is 31.2 Å². The molecule has 0 radical (unpaired) electrons. The summed E-state index contributed by atoms with van der Waals surface area (Å²) in [4.78, 5) is 16.8. The van der Waals surface area contributed by atoms with Gasteiger partial charge >= 0.3 is 0 Å². The molecule has 0 saturated heterocycles. The predicted molar refractivity (Wildman–Crippen MR) is 112 cm³/mol. The van der Waals surface area contributed by atoms with Gasteiger partial charge in [0.1, 0.15) is 11.6 Å². The molecular formula is C23H25N3O2. The largest absolute Gasteiger partial charge is 0.497 e. The van der Waals surface area contributed by atoms with Crippen LogP contribution in [0.3, 0.4) is 0 Å². The standard InChI is InChI=1S/C23H25N3O2/c1-3-17-7-9-20(10-8-17)26-22-16-19(12-14-24-22)23(27)25-13-11-18-5-4-6-21(15-18)28-2/h4-10,12,14-16H,3,11,13H2,1-2H3,(H,24,26)(H,25,27). The van der Waals surface area contributed by atoms with Gasteiger partial charge in [0.05, 0.1) is 7.11 Å². The number of nitrogens with zero attached hydrogens (tertiary/aromatic N) is 1. The van der Waals surface area contributed by atoms with E-state index in [1.807, 2.05) is 36.4 Å². The van der Waals surface area contributed by atoms with E-state index in [0.29, 0.717) is 17.9 Å². The molecule has 0 atom stereocenters. The van der Waals surface area contributed by atoms with Crippen molar-refractivity contribution in [3.8, 4) is 5.75 Å². The van der Waals surface area contributed by atoms with Crippen LogP contribution in [0.25, 0.3) is 0 Å². The van der Waals surface area contributed by atoms with Crippen molar-refractivity contribution >= 4 is 17.4 Å². The van der Waals surface area contributed by atoms with Crippen molar-refractivity contribution in [3.63, 3.8) is 0 Å². The van der Waals surface area contributed by atoms with Crippen LogP contribution in [0.15, 0.2) is 66.9 Å². The zero-order valence-corrected chi connectivity index (χ0v) is 16.2. The van der Waals surface area contributed by atoms with Crippen molar-refractivity contribution in [2.24, 2.45) is 0 Å². The van der Waals surface area contributed by atoms with Gasteiger partial charge < -0.3 is 15.4 Å². The summed E-state index contributed by atoms with van der Waals surface area (Å²) in [7, 11) is 1.65. The zero-order valence-electron chi connectivity index (χ0n) is 16.2. The molecule has 0 bridgehead atoms. The maximum absolute atomic E-state index is 12.5. The first kappa shape index (κ1) is 19.4. The second kappa shape index (κ2) is 9.55. The molecule has 5 heteroatoms. The molecule has 144 valence electrons. The molecular weight excluding hydrogens is 350 g/mol. The third kappa shape index (κ3) is 5.33. The van der Waals surface area contributed by atoms with Crippen LogP contribution in [-0.2, 0) is 12.8 Å². The van der Waals surface area contributed by atoms with Crippen molar-refractivity contribution in [1.29, 1.82) is 0 Å². The number of hydrogen-bond acceptors (Lipinski definition) is 4. The van der Waals surface area contributed by atoms with Crippen molar-refractivity contribution in [2.75, 3.05) is 19.0 Å². The number of pyridine rings is 1. The fraction of sp³-hybridized carbons (Fsp3) is 0.217. The Bertz CT molecular complexity index is 923. The van der Waals surface area contributed by atoms with E-state index >= 15 is 0 Å². The Balaban J connectivity index is 1.56. The van der Waals surface area contributed by atoms with Crippen molar-refractivity contribution in [3.05, 3.63) is 83.6 Å². The highest BCUT2D eigenvalue weighted by atomic mass is 16.5. The van der Waals surface area contributed by atoms with E-state index in [0.717, 1.165) is 29.8 Å². The number of rotatable bonds is 8. The Hall–Kier alpha value is -3.34. The molecule has 3 rings (SSSR count). The number of carbonyl (C=O) groups is 1. The van der Waals surface area contributed by atoms with Crippen LogP contribution < -0.4 is 15.4 Å². The number of anilines is 2. The molecule has 0 aliphatic rings. The van der Waals surface area contributed by atoms with Gasteiger partial charge in [-0.2, -0.15) is 0 Å². The van der Waals surface area contributed by atoms with Gasteiger partial charge in [0.2, 0.25) is 0 Å². The van der Waals surface area contributed by atoms with Crippen LogP contribution >= 0.6 is 0 Å². The zero-order chi connectivity index (χ0) is 19.8. The number of aromatic nitrogens is 1. The second-order valence-corrected chi connectivity index (χ2v) is 6.46. The fourth-order valence-corrected chi connectivity index (χ4v) is 2.86. The van der Waals surface area contributed by atoms with Crippen LogP contribution in [0, 0.1) is 0 Å². The molecule has 2 aromatic carbocycles. The summed E-state index contributed by atoms with van der Waals surface area (Å²) in [5.41, 5.74) is 3.92. The highest BCUT2D eigenvalue weighted by molar-refractivity contribution is 5.94. The first-order valence-corrected chi connectivity index (χ1v) is 9.41. The Kier molecular flexibility index (Phi) is 6.63. The molecule has 0 aliphatic carbocycles. The quantitative estimate of drug-likeness (QED) is 0.614. The summed E-state index contributed by atoms with van der Waals surface area (Å²) in [5, 5.41) is 6.20. The minimum Gasteiger partial charge on any atom is -0.497 e. The summed E-state index contributed by atoms with van der Waals surface area (Å²) >= 11 is 0. The number of ether oxygens (including phenoxy) is 1. The van der Waals surface area contributed by atoms with Gasteiger partial charge in [-0.3, -0.25) is 4.79 Å². The number of benzene rings is 2. The third-order valence-corrected chi connectivity index (χ3v) is 4.49. The normalized spacial score (nSPS) is 10.4. The van der Waals surface area contributed by atoms with Crippen LogP contribution in [0.4, 0.5) is 11.5 Å². The fourth-order valence-electron chi connectivity index (χ4n) is 2.86. The number of hydrogen-bond donors (Lipinski definition) is 2. The van der Waals surface area contributed by atoms with Crippen LogP contribution in [0.2, 0.25) is 0 Å². The lowest BCUT2D eigenvalue weighted by molar-refractivity contribution is 0.0954. The Morgan fingerprint density at radius 3 is 2.61 bits per heavy atom. The Labute approximate surface area is 165 Å². The average Bonchev–Trinajstić information content (AvgIpc) is 2.74. The molecule has 0 fully saturated rings. The SMILES string of the molecule is CCc1ccc(Nc2cc(C(=O)NCCc3cccc(OC)c3)ccn2)cc1. The first-order chi connectivity index (χ1) is 13.7. The minimum absolute atomic E-state index is 0.116. The molecule has 0 saturated carbocycles. The predicted octanol–water partition coefficient (Wildman–Crippen LogP) is 4.37. The number of amides is 1. The van der Waals surface area contributed by atoms with Crippen molar-refractivity contribution in [2.45, 2.75) is 19.8 Å². The smallest absolute Gasteiger partial charge is 0.251 e. The number of nitrogens with one attached hydrogen (secondary N) is 2. The molecule has 3 aromatic rings. The molecule has 1 amide bonds. The monoisotopic (exact) mass is 375 g/mol. The van der Waals surface area contributed by atoms with Crippen molar-refractivity contribution in [1.82, 2.24) is 10.3 Å². The van der Waals surface area contributed by atoms with Gasteiger partial charge in [-0.15, -0.1) is 0 Å². The molecule has 28 heavy (non-hydrogen) atoms. The lowest BCUT2D eigenvalue weighted by Crippen LogP contribution is -2.25. The molecule has 5 nitrogen and oxygen atoms in total. The number of carbonyl (C=O) groups excluding carboxylic acids is 1. The van der Waals surface area contributed by atoms with Gasteiger partial charge in [0.15, 0.2) is 0 Å². The van der Waals surface area contributed by atoms with E-state index in [4.69, 9.17) is 4.74 Å². The van der Waals surface area contributed by atoms with Gasteiger partial charge in [0.25, 0.3) is 5.91 Å². The molecule has 0 spiro atoms. The topological polar surface area (TPSA) is 63.2 Å². The molecule has 2 N–H and O–H groups in total. The van der Waals surface area contributed by atoms with E-state index in [1.54, 1.807) is 25.4 Å². The summed E-state index contributed by atoms with van der Waals surface area (Å²) in [6, 6.07) is 19.5. The van der Waals surface area contributed by atoms with E-state index in [-0.39, 0.29) is 5.91 Å². The first-order valence-electron chi connectivity index (χ1n) is 9.41. The van der Waals surface area contributed by atoms with E-state index in [2.05, 4.69) is 34.7 Å². The van der Waals surface area contributed by atoms with Crippen molar-refractivity contribution < 1.29 is 9.53 Å². The minimum atomic E-state index is -0.116. The van der Waals surface area contributed by atoms with Crippen LogP contribution in [-0.4, -0.2) is 24.5 Å². The maximum Gasteiger partial charge on any atom is 0.251 e. The second-order valence-electron chi connectivity index (χ2n) is 6.46. The molecule has 1 heterocycles. The van der Waals surface area contributed by atoms with Gasteiger partial charge in [-0.05, 0) is 60.4 Å². The Morgan fingerprint density at radius 1 is 1.04 bits per heavy atom.